The molecule has 162 valence electrons. The van der Waals surface area contributed by atoms with Crippen LogP contribution in [0.4, 0.5) is 0 Å². The molecule has 0 N–H and O–H groups in total. The molecule has 0 saturated heterocycles. The zero-order valence-electron chi connectivity index (χ0n) is 19.0. The van der Waals surface area contributed by atoms with Crippen LogP contribution in [0.2, 0.25) is 0 Å². The van der Waals surface area contributed by atoms with E-state index in [0.717, 1.165) is 0 Å². The molecule has 0 saturated carbocycles. The molecule has 0 atom stereocenters. The quantitative estimate of drug-likeness (QED) is 0.185. The Kier molecular flexibility index (Phi) is 6.59. The summed E-state index contributed by atoms with van der Waals surface area (Å²) >= 11 is 0. The molecule has 5 rings (SSSR count). The van der Waals surface area contributed by atoms with Gasteiger partial charge in [0, 0.05) is 0 Å². The standard InChI is InChI=1S/C34H26/c1-6-16-27(17-7-1)26-32(28-18-8-2-9-19-28)34(31-24-14-5-15-25-31)33(29-20-10-3-11-21-29)30-22-12-4-13-23-30/h1-26H/b32-26+. The van der Waals surface area contributed by atoms with Crippen LogP contribution < -0.4 is 0 Å². The molecule has 0 aliphatic heterocycles. The van der Waals surface area contributed by atoms with Gasteiger partial charge in [-0.25, -0.2) is 0 Å². The molecular weight excluding hydrogens is 408 g/mol. The zero-order chi connectivity index (χ0) is 23.0. The Morgan fingerprint density at radius 2 is 0.706 bits per heavy atom. The van der Waals surface area contributed by atoms with E-state index in [-0.39, 0.29) is 0 Å². The minimum Gasteiger partial charge on any atom is -0.0622 e. The van der Waals surface area contributed by atoms with E-state index in [2.05, 4.69) is 158 Å². The number of benzene rings is 5. The molecule has 0 spiro atoms. The van der Waals surface area contributed by atoms with Crippen molar-refractivity contribution in [1.29, 1.82) is 0 Å². The maximum atomic E-state index is 2.31. The highest BCUT2D eigenvalue weighted by Gasteiger charge is 2.19. The number of allylic oxidation sites excluding steroid dienone is 2. The summed E-state index contributed by atoms with van der Waals surface area (Å²) in [5, 5.41) is 0. The lowest BCUT2D eigenvalue weighted by Gasteiger charge is -2.21. The van der Waals surface area contributed by atoms with Crippen molar-refractivity contribution in [3.63, 3.8) is 0 Å². The first-order valence-electron chi connectivity index (χ1n) is 11.6. The first-order chi connectivity index (χ1) is 16.9. The van der Waals surface area contributed by atoms with Crippen LogP contribution in [0.5, 0.6) is 0 Å². The van der Waals surface area contributed by atoms with Crippen LogP contribution in [0.15, 0.2) is 152 Å². The van der Waals surface area contributed by atoms with Gasteiger partial charge >= 0.3 is 0 Å². The van der Waals surface area contributed by atoms with Gasteiger partial charge in [0.25, 0.3) is 0 Å². The first-order valence-corrected chi connectivity index (χ1v) is 11.6. The molecule has 0 heterocycles. The molecule has 0 fully saturated rings. The maximum absolute atomic E-state index is 2.31. The van der Waals surface area contributed by atoms with Crippen LogP contribution >= 0.6 is 0 Å². The normalized spacial score (nSPS) is 11.1. The minimum atomic E-state index is 1.18. The molecule has 0 heteroatoms. The fourth-order valence-corrected chi connectivity index (χ4v) is 4.34. The Balaban J connectivity index is 1.91. The van der Waals surface area contributed by atoms with Crippen molar-refractivity contribution >= 4 is 22.8 Å². The number of rotatable bonds is 6. The van der Waals surface area contributed by atoms with E-state index in [4.69, 9.17) is 0 Å². The van der Waals surface area contributed by atoms with Crippen molar-refractivity contribution in [3.8, 4) is 0 Å². The van der Waals surface area contributed by atoms with E-state index < -0.39 is 0 Å². The summed E-state index contributed by atoms with van der Waals surface area (Å²) in [6.45, 7) is 0. The van der Waals surface area contributed by atoms with Gasteiger partial charge in [0.2, 0.25) is 0 Å². The number of hydrogen-bond acceptors (Lipinski definition) is 0. The van der Waals surface area contributed by atoms with E-state index in [1.165, 1.54) is 44.5 Å². The molecule has 0 amide bonds. The highest BCUT2D eigenvalue weighted by atomic mass is 14.2. The van der Waals surface area contributed by atoms with Gasteiger partial charge in [0.1, 0.15) is 0 Å². The lowest BCUT2D eigenvalue weighted by molar-refractivity contribution is 1.52. The van der Waals surface area contributed by atoms with Crippen molar-refractivity contribution in [2.24, 2.45) is 0 Å². The zero-order valence-corrected chi connectivity index (χ0v) is 19.0. The Labute approximate surface area is 202 Å². The lowest BCUT2D eigenvalue weighted by Crippen LogP contribution is -1.99. The van der Waals surface area contributed by atoms with Gasteiger partial charge < -0.3 is 0 Å². The van der Waals surface area contributed by atoms with Gasteiger partial charge in [0.15, 0.2) is 0 Å². The van der Waals surface area contributed by atoms with E-state index in [0.29, 0.717) is 0 Å². The predicted molar refractivity (Wildman–Crippen MR) is 146 cm³/mol. The number of hydrogen-bond donors (Lipinski definition) is 0. The summed E-state index contributed by atoms with van der Waals surface area (Å²) in [5.74, 6) is 0. The highest BCUT2D eigenvalue weighted by Crippen LogP contribution is 2.41. The summed E-state index contributed by atoms with van der Waals surface area (Å²) < 4.78 is 0. The van der Waals surface area contributed by atoms with Crippen molar-refractivity contribution < 1.29 is 0 Å². The topological polar surface area (TPSA) is 0 Å². The van der Waals surface area contributed by atoms with Crippen molar-refractivity contribution in [2.75, 3.05) is 0 Å². The van der Waals surface area contributed by atoms with Crippen molar-refractivity contribution in [3.05, 3.63) is 179 Å². The van der Waals surface area contributed by atoms with Gasteiger partial charge in [-0.15, -0.1) is 0 Å². The van der Waals surface area contributed by atoms with Crippen molar-refractivity contribution in [1.82, 2.24) is 0 Å². The third-order valence-electron chi connectivity index (χ3n) is 5.90. The van der Waals surface area contributed by atoms with E-state index in [1.54, 1.807) is 0 Å². The fourth-order valence-electron chi connectivity index (χ4n) is 4.34. The summed E-state index contributed by atoms with van der Waals surface area (Å²) in [7, 11) is 0. The molecule has 5 aromatic carbocycles. The van der Waals surface area contributed by atoms with Crippen LogP contribution in [0.3, 0.4) is 0 Å². The van der Waals surface area contributed by atoms with Gasteiger partial charge in [-0.1, -0.05) is 152 Å². The van der Waals surface area contributed by atoms with Gasteiger partial charge in [-0.3, -0.25) is 0 Å². The second-order valence-electron chi connectivity index (χ2n) is 8.18. The van der Waals surface area contributed by atoms with E-state index in [9.17, 15) is 0 Å². The van der Waals surface area contributed by atoms with Crippen LogP contribution in [0.25, 0.3) is 22.8 Å². The van der Waals surface area contributed by atoms with Crippen LogP contribution in [-0.4, -0.2) is 0 Å². The Morgan fingerprint density at radius 3 is 1.15 bits per heavy atom. The summed E-state index contributed by atoms with van der Waals surface area (Å²) in [6.07, 6.45) is 2.31. The molecule has 0 nitrogen and oxygen atoms in total. The molecule has 0 radical (unpaired) electrons. The Hall–Kier alpha value is -4.42. The van der Waals surface area contributed by atoms with Crippen molar-refractivity contribution in [2.45, 2.75) is 0 Å². The SMILES string of the molecule is C(=C(\C(=C(c1ccccc1)c1ccccc1)c1ccccc1)c1ccccc1)/c1ccccc1. The molecule has 5 aromatic rings. The van der Waals surface area contributed by atoms with Crippen LogP contribution in [-0.2, 0) is 0 Å². The summed E-state index contributed by atoms with van der Waals surface area (Å²) in [5.41, 5.74) is 9.58. The van der Waals surface area contributed by atoms with Gasteiger partial charge in [-0.05, 0) is 50.6 Å². The van der Waals surface area contributed by atoms with E-state index >= 15 is 0 Å². The Morgan fingerprint density at radius 1 is 0.353 bits per heavy atom. The second kappa shape index (κ2) is 10.5. The van der Waals surface area contributed by atoms with Crippen LogP contribution in [0, 0.1) is 0 Å². The monoisotopic (exact) mass is 434 g/mol. The molecule has 34 heavy (non-hydrogen) atoms. The van der Waals surface area contributed by atoms with Crippen LogP contribution in [0.1, 0.15) is 27.8 Å². The van der Waals surface area contributed by atoms with Gasteiger partial charge in [0.05, 0.1) is 0 Å². The first kappa shape index (κ1) is 21.4. The predicted octanol–water partition coefficient (Wildman–Crippen LogP) is 8.89. The molecule has 0 aliphatic rings. The largest absolute Gasteiger partial charge is 0.0622 e. The summed E-state index contributed by atoms with van der Waals surface area (Å²) in [6, 6.07) is 53.4. The average molecular weight is 435 g/mol. The van der Waals surface area contributed by atoms with E-state index in [1.807, 2.05) is 0 Å². The molecule has 0 unspecified atom stereocenters. The Bertz CT molecular complexity index is 1340. The molecule has 0 aromatic heterocycles. The highest BCUT2D eigenvalue weighted by molar-refractivity contribution is 6.21. The minimum absolute atomic E-state index is 1.18. The average Bonchev–Trinajstić information content (AvgIpc) is 2.93. The molecule has 0 bridgehead atoms. The molecule has 0 aliphatic carbocycles. The smallest absolute Gasteiger partial charge is 0.00206 e. The second-order valence-corrected chi connectivity index (χ2v) is 8.18. The third-order valence-corrected chi connectivity index (χ3v) is 5.90. The van der Waals surface area contributed by atoms with Gasteiger partial charge in [-0.2, -0.15) is 0 Å². The maximum Gasteiger partial charge on any atom is -0.00206 e. The molecular formula is C34H26. The fraction of sp³-hybridized carbons (Fsp3) is 0. The summed E-state index contributed by atoms with van der Waals surface area (Å²) in [4.78, 5) is 0. The lowest BCUT2D eigenvalue weighted by atomic mass is 9.82. The third kappa shape index (κ3) is 4.82.